The average molecular weight is 339 g/mol. The van der Waals surface area contributed by atoms with Crippen molar-refractivity contribution < 1.29 is 13.2 Å². The molecule has 0 bridgehead atoms. The fourth-order valence-corrected chi connectivity index (χ4v) is 3.52. The summed E-state index contributed by atoms with van der Waals surface area (Å²) < 4.78 is 28.3. The zero-order chi connectivity index (χ0) is 15.6. The van der Waals surface area contributed by atoms with E-state index in [1.165, 1.54) is 0 Å². The van der Waals surface area contributed by atoms with Gasteiger partial charge in [-0.05, 0) is 30.0 Å². The Kier molecular flexibility index (Phi) is 5.76. The molecule has 0 aliphatic rings. The molecule has 3 nitrogen and oxygen atoms in total. The Bertz CT molecular complexity index is 562. The lowest BCUT2D eigenvalue weighted by Crippen LogP contribution is -2.31. The van der Waals surface area contributed by atoms with E-state index in [-0.39, 0.29) is 23.7 Å². The minimum atomic E-state index is -3.57. The summed E-state index contributed by atoms with van der Waals surface area (Å²) in [6.45, 7) is 8.06. The summed E-state index contributed by atoms with van der Waals surface area (Å²) in [5.74, 6) is 0.211. The van der Waals surface area contributed by atoms with Crippen LogP contribution in [0.15, 0.2) is 18.2 Å². The zero-order valence-electron chi connectivity index (χ0n) is 12.1. The van der Waals surface area contributed by atoms with E-state index < -0.39 is 9.05 Å². The summed E-state index contributed by atoms with van der Waals surface area (Å²) >= 11 is 6.09. The molecule has 1 unspecified atom stereocenters. The van der Waals surface area contributed by atoms with Crippen molar-refractivity contribution in [3.05, 3.63) is 28.8 Å². The van der Waals surface area contributed by atoms with E-state index in [2.05, 4.69) is 0 Å². The summed E-state index contributed by atoms with van der Waals surface area (Å²) in [5.41, 5.74) is 0.803. The van der Waals surface area contributed by atoms with Crippen LogP contribution in [0, 0.1) is 18.3 Å². The van der Waals surface area contributed by atoms with Gasteiger partial charge in [0.15, 0.2) is 0 Å². The zero-order valence-corrected chi connectivity index (χ0v) is 14.4. The van der Waals surface area contributed by atoms with E-state index in [1.54, 1.807) is 12.1 Å². The SMILES string of the molecule is Cc1ccc(OCC(CS(=O)(=O)Cl)C(C)(C)C)c(Cl)c1. The van der Waals surface area contributed by atoms with Crippen molar-refractivity contribution in [3.63, 3.8) is 0 Å². The van der Waals surface area contributed by atoms with E-state index in [9.17, 15) is 8.42 Å². The molecule has 0 aliphatic heterocycles. The number of rotatable bonds is 5. The second kappa shape index (κ2) is 6.54. The highest BCUT2D eigenvalue weighted by atomic mass is 35.7. The highest BCUT2D eigenvalue weighted by Gasteiger charge is 2.29. The van der Waals surface area contributed by atoms with Crippen LogP contribution >= 0.6 is 22.3 Å². The Hall–Kier alpha value is -0.450. The molecule has 20 heavy (non-hydrogen) atoms. The number of hydrogen-bond donors (Lipinski definition) is 0. The lowest BCUT2D eigenvalue weighted by molar-refractivity contribution is 0.163. The Labute approximate surface area is 130 Å². The summed E-state index contributed by atoms with van der Waals surface area (Å²) in [6.07, 6.45) is 0. The maximum atomic E-state index is 11.3. The fourth-order valence-electron chi connectivity index (χ4n) is 1.70. The number of halogens is 2. The van der Waals surface area contributed by atoms with Gasteiger partial charge in [-0.15, -0.1) is 0 Å². The molecule has 0 fully saturated rings. The second-order valence-electron chi connectivity index (χ2n) is 6.01. The van der Waals surface area contributed by atoms with Crippen LogP contribution < -0.4 is 4.74 Å². The van der Waals surface area contributed by atoms with E-state index in [0.717, 1.165) is 5.56 Å². The van der Waals surface area contributed by atoms with Crippen molar-refractivity contribution in [2.75, 3.05) is 12.4 Å². The molecule has 1 atom stereocenters. The number of benzene rings is 1. The summed E-state index contributed by atoms with van der Waals surface area (Å²) in [4.78, 5) is 0. The smallest absolute Gasteiger partial charge is 0.233 e. The standard InChI is InChI=1S/C14H20Cl2O3S/c1-10-5-6-13(12(15)7-10)19-8-11(14(2,3)4)9-20(16,17)18/h5-7,11H,8-9H2,1-4H3. The van der Waals surface area contributed by atoms with E-state index in [1.807, 2.05) is 33.8 Å². The first-order valence-electron chi connectivity index (χ1n) is 6.30. The highest BCUT2D eigenvalue weighted by Crippen LogP contribution is 2.31. The van der Waals surface area contributed by atoms with Gasteiger partial charge in [-0.25, -0.2) is 8.42 Å². The first kappa shape index (κ1) is 17.6. The first-order valence-corrected chi connectivity index (χ1v) is 9.16. The van der Waals surface area contributed by atoms with Crippen molar-refractivity contribution in [1.29, 1.82) is 0 Å². The van der Waals surface area contributed by atoms with Gasteiger partial charge in [0.2, 0.25) is 9.05 Å². The molecule has 1 aromatic rings. The van der Waals surface area contributed by atoms with Crippen molar-refractivity contribution in [1.82, 2.24) is 0 Å². The van der Waals surface area contributed by atoms with Crippen LogP contribution in [0.3, 0.4) is 0 Å². The van der Waals surface area contributed by atoms with Crippen LogP contribution in [0.2, 0.25) is 5.02 Å². The molecule has 1 rings (SSSR count). The maximum Gasteiger partial charge on any atom is 0.233 e. The van der Waals surface area contributed by atoms with Gasteiger partial charge >= 0.3 is 0 Å². The van der Waals surface area contributed by atoms with Crippen LogP contribution in [-0.4, -0.2) is 20.8 Å². The minimum Gasteiger partial charge on any atom is -0.492 e. The first-order chi connectivity index (χ1) is 8.99. The van der Waals surface area contributed by atoms with Gasteiger partial charge in [0, 0.05) is 16.6 Å². The van der Waals surface area contributed by atoms with Gasteiger partial charge in [0.25, 0.3) is 0 Å². The van der Waals surface area contributed by atoms with Crippen LogP contribution in [0.1, 0.15) is 26.3 Å². The van der Waals surface area contributed by atoms with E-state index >= 15 is 0 Å². The van der Waals surface area contributed by atoms with Crippen LogP contribution in [-0.2, 0) is 9.05 Å². The molecule has 1 aromatic carbocycles. The molecule has 0 radical (unpaired) electrons. The molecule has 0 N–H and O–H groups in total. The quantitative estimate of drug-likeness (QED) is 0.753. The molecule has 6 heteroatoms. The Balaban J connectivity index is 2.81. The Morgan fingerprint density at radius 2 is 1.90 bits per heavy atom. The van der Waals surface area contributed by atoms with Crippen molar-refractivity contribution in [3.8, 4) is 5.75 Å². The summed E-state index contributed by atoms with van der Waals surface area (Å²) in [5, 5.41) is 0.520. The van der Waals surface area contributed by atoms with Crippen molar-refractivity contribution in [2.24, 2.45) is 11.3 Å². The predicted octanol–water partition coefficient (Wildman–Crippen LogP) is 4.26. The predicted molar refractivity (Wildman–Crippen MR) is 84.3 cm³/mol. The normalized spacial score (nSPS) is 14.1. The third-order valence-corrected chi connectivity index (χ3v) is 4.63. The molecular weight excluding hydrogens is 319 g/mol. The molecule has 0 aliphatic carbocycles. The summed E-state index contributed by atoms with van der Waals surface area (Å²) in [6, 6.07) is 5.49. The maximum absolute atomic E-state index is 11.3. The van der Waals surface area contributed by atoms with Gasteiger partial charge < -0.3 is 4.74 Å². The van der Waals surface area contributed by atoms with Gasteiger partial charge in [-0.3, -0.25) is 0 Å². The highest BCUT2D eigenvalue weighted by molar-refractivity contribution is 8.13. The monoisotopic (exact) mass is 338 g/mol. The van der Waals surface area contributed by atoms with Gasteiger partial charge in [-0.2, -0.15) is 0 Å². The number of hydrogen-bond acceptors (Lipinski definition) is 3. The fraction of sp³-hybridized carbons (Fsp3) is 0.571. The van der Waals surface area contributed by atoms with Crippen molar-refractivity contribution in [2.45, 2.75) is 27.7 Å². The van der Waals surface area contributed by atoms with Gasteiger partial charge in [-0.1, -0.05) is 38.4 Å². The molecule has 0 heterocycles. The molecule has 0 saturated heterocycles. The second-order valence-corrected chi connectivity index (χ2v) is 9.24. The average Bonchev–Trinajstić information content (AvgIpc) is 2.23. The Morgan fingerprint density at radius 1 is 1.30 bits per heavy atom. The molecule has 0 amide bonds. The number of ether oxygens (including phenoxy) is 1. The molecule has 0 aromatic heterocycles. The third-order valence-electron chi connectivity index (χ3n) is 3.15. The number of aryl methyl sites for hydroxylation is 1. The minimum absolute atomic E-state index is 0.123. The molecular formula is C14H20Cl2O3S. The van der Waals surface area contributed by atoms with E-state index in [0.29, 0.717) is 10.8 Å². The summed E-state index contributed by atoms with van der Waals surface area (Å²) in [7, 11) is 1.79. The van der Waals surface area contributed by atoms with Crippen molar-refractivity contribution >= 4 is 31.3 Å². The molecule has 114 valence electrons. The molecule has 0 spiro atoms. The lowest BCUT2D eigenvalue weighted by Gasteiger charge is -2.29. The molecule has 0 saturated carbocycles. The van der Waals surface area contributed by atoms with E-state index in [4.69, 9.17) is 27.0 Å². The van der Waals surface area contributed by atoms with Crippen LogP contribution in [0.4, 0.5) is 0 Å². The van der Waals surface area contributed by atoms with Gasteiger partial charge in [0.05, 0.1) is 17.4 Å². The van der Waals surface area contributed by atoms with Gasteiger partial charge in [0.1, 0.15) is 5.75 Å². The lowest BCUT2D eigenvalue weighted by atomic mass is 9.82. The topological polar surface area (TPSA) is 43.4 Å². The third kappa shape index (κ3) is 5.90. The van der Waals surface area contributed by atoms with Crippen LogP contribution in [0.25, 0.3) is 0 Å². The largest absolute Gasteiger partial charge is 0.492 e. The van der Waals surface area contributed by atoms with Crippen LogP contribution in [0.5, 0.6) is 5.75 Å². The Morgan fingerprint density at radius 3 is 2.35 bits per heavy atom.